The Morgan fingerprint density at radius 2 is 0.885 bits per heavy atom. The molecule has 3 heteroatoms. The van der Waals surface area contributed by atoms with Gasteiger partial charge in [0.05, 0.1) is 16.8 Å². The molecule has 0 spiro atoms. The summed E-state index contributed by atoms with van der Waals surface area (Å²) < 4.78 is 9.15. The van der Waals surface area contributed by atoms with Crippen LogP contribution in [0, 0.1) is 0 Å². The molecule has 0 radical (unpaired) electrons. The van der Waals surface area contributed by atoms with Crippen LogP contribution in [0.3, 0.4) is 0 Å². The molecule has 0 saturated carbocycles. The second kappa shape index (κ2) is 13.4. The zero-order valence-corrected chi connectivity index (χ0v) is 33.8. The summed E-state index contributed by atoms with van der Waals surface area (Å²) in [6.45, 7) is 0. The fourth-order valence-electron chi connectivity index (χ4n) is 9.87. The zero-order chi connectivity index (χ0) is 40.0. The Labute approximate surface area is 355 Å². The van der Waals surface area contributed by atoms with Crippen molar-refractivity contribution in [3.05, 3.63) is 212 Å². The molecule has 0 atom stereocenters. The van der Waals surface area contributed by atoms with Crippen LogP contribution in [0.4, 0.5) is 17.1 Å². The lowest BCUT2D eigenvalue weighted by Gasteiger charge is -2.29. The molecule has 0 fully saturated rings. The molecule has 0 amide bonds. The maximum absolute atomic E-state index is 6.58. The molecule has 2 nitrogen and oxygen atoms in total. The van der Waals surface area contributed by atoms with E-state index in [0.717, 1.165) is 50.1 Å². The van der Waals surface area contributed by atoms with Crippen LogP contribution in [0.1, 0.15) is 0 Å². The van der Waals surface area contributed by atoms with E-state index in [9.17, 15) is 0 Å². The normalized spacial score (nSPS) is 11.9. The Morgan fingerprint density at radius 3 is 1.66 bits per heavy atom. The maximum atomic E-state index is 6.58. The van der Waals surface area contributed by atoms with Crippen molar-refractivity contribution >= 4 is 114 Å². The first kappa shape index (κ1) is 34.2. The second-order valence-electron chi connectivity index (χ2n) is 16.0. The molecular formula is C58H35NOS. The Balaban J connectivity index is 1.15. The predicted molar refractivity (Wildman–Crippen MR) is 262 cm³/mol. The smallest absolute Gasteiger partial charge is 0.137 e. The summed E-state index contributed by atoms with van der Waals surface area (Å²) in [7, 11) is 0. The van der Waals surface area contributed by atoms with E-state index in [0.29, 0.717) is 0 Å². The number of fused-ring (bicyclic) bond motifs is 13. The maximum Gasteiger partial charge on any atom is 0.137 e. The molecule has 0 aliphatic rings. The highest BCUT2D eigenvalue weighted by molar-refractivity contribution is 7.25. The molecule has 0 aliphatic carbocycles. The van der Waals surface area contributed by atoms with Crippen molar-refractivity contribution in [2.45, 2.75) is 0 Å². The first-order valence-corrected chi connectivity index (χ1v) is 21.6. The van der Waals surface area contributed by atoms with E-state index in [-0.39, 0.29) is 0 Å². The Hall–Kier alpha value is -7.72. The fourth-order valence-corrected chi connectivity index (χ4v) is 11.0. The summed E-state index contributed by atoms with van der Waals surface area (Å²) in [6.07, 6.45) is 0. The van der Waals surface area contributed by atoms with Crippen LogP contribution in [0.2, 0.25) is 0 Å². The lowest BCUT2D eigenvalue weighted by molar-refractivity contribution is 0.669. The van der Waals surface area contributed by atoms with E-state index >= 15 is 0 Å². The number of thiophene rings is 1. The van der Waals surface area contributed by atoms with Crippen molar-refractivity contribution in [2.75, 3.05) is 4.90 Å². The highest BCUT2D eigenvalue weighted by Gasteiger charge is 2.25. The van der Waals surface area contributed by atoms with Gasteiger partial charge in [0, 0.05) is 36.8 Å². The molecule has 2 aromatic heterocycles. The number of anilines is 3. The minimum Gasteiger partial charge on any atom is -0.456 e. The van der Waals surface area contributed by atoms with Crippen LogP contribution in [0.25, 0.3) is 107 Å². The van der Waals surface area contributed by atoms with Gasteiger partial charge in [0.1, 0.15) is 11.2 Å². The molecule has 0 unspecified atom stereocenters. The van der Waals surface area contributed by atoms with Crippen molar-refractivity contribution in [3.63, 3.8) is 0 Å². The van der Waals surface area contributed by atoms with Crippen molar-refractivity contribution in [1.29, 1.82) is 0 Å². The summed E-state index contributed by atoms with van der Waals surface area (Å²) in [4.78, 5) is 2.49. The van der Waals surface area contributed by atoms with Gasteiger partial charge in [0.25, 0.3) is 0 Å². The minimum atomic E-state index is 0.865. The van der Waals surface area contributed by atoms with E-state index in [1.165, 1.54) is 74.4 Å². The minimum absolute atomic E-state index is 0.865. The van der Waals surface area contributed by atoms with Gasteiger partial charge < -0.3 is 9.32 Å². The third-order valence-corrected chi connectivity index (χ3v) is 13.8. The molecule has 0 saturated heterocycles. The van der Waals surface area contributed by atoms with Gasteiger partial charge in [0.15, 0.2) is 0 Å². The van der Waals surface area contributed by atoms with Crippen LogP contribution in [0.5, 0.6) is 0 Å². The Kier molecular flexibility index (Phi) is 7.51. The zero-order valence-electron chi connectivity index (χ0n) is 33.0. The van der Waals surface area contributed by atoms with Crippen LogP contribution >= 0.6 is 11.3 Å². The lowest BCUT2D eigenvalue weighted by Crippen LogP contribution is -2.12. The van der Waals surface area contributed by atoms with Gasteiger partial charge in [0.2, 0.25) is 0 Å². The van der Waals surface area contributed by atoms with Gasteiger partial charge in [-0.25, -0.2) is 0 Å². The topological polar surface area (TPSA) is 16.4 Å². The van der Waals surface area contributed by atoms with E-state index in [4.69, 9.17) is 4.42 Å². The van der Waals surface area contributed by atoms with Crippen LogP contribution in [0.15, 0.2) is 217 Å². The average molecular weight is 794 g/mol. The highest BCUT2D eigenvalue weighted by atomic mass is 32.1. The van der Waals surface area contributed by atoms with Gasteiger partial charge in [-0.1, -0.05) is 158 Å². The molecule has 0 N–H and O–H groups in total. The largest absolute Gasteiger partial charge is 0.456 e. The lowest BCUT2D eigenvalue weighted by atomic mass is 9.89. The molecular weight excluding hydrogens is 759 g/mol. The number of para-hydroxylation sites is 1. The Bertz CT molecular complexity index is 3890. The average Bonchev–Trinajstić information content (AvgIpc) is 3.90. The van der Waals surface area contributed by atoms with E-state index in [2.05, 4.69) is 217 Å². The molecule has 13 aromatic rings. The molecule has 0 bridgehead atoms. The first-order chi connectivity index (χ1) is 30.2. The summed E-state index contributed by atoms with van der Waals surface area (Å²) in [5, 5.41) is 14.7. The number of hydrogen-bond acceptors (Lipinski definition) is 3. The predicted octanol–water partition coefficient (Wildman–Crippen LogP) is 17.4. The number of nitrogens with zero attached hydrogens (tertiary/aromatic N) is 1. The van der Waals surface area contributed by atoms with E-state index in [1.54, 1.807) is 0 Å². The van der Waals surface area contributed by atoms with Crippen molar-refractivity contribution < 1.29 is 4.42 Å². The fraction of sp³-hybridized carbons (Fsp3) is 0. The standard InChI is InChI=1S/C58H35NOS/c1-2-15-40-36(13-1)14-11-22-41(40)37-27-29-38(30-28-37)48-34-49-44-18-5-3-16-42(44)43-17-4-6-19-45(43)50(49)35-53(48)59(39-31-32-57-51(33-39)46-20-8-10-26-56(46)61-57)52-23-12-25-55-58(52)47-21-7-9-24-54(47)60-55/h1-35H. The molecule has 2 heterocycles. The third-order valence-electron chi connectivity index (χ3n) is 12.6. The molecule has 13 rings (SSSR count). The summed E-state index contributed by atoms with van der Waals surface area (Å²) >= 11 is 1.85. The van der Waals surface area contributed by atoms with Crippen LogP contribution in [-0.4, -0.2) is 0 Å². The third kappa shape index (κ3) is 5.28. The van der Waals surface area contributed by atoms with E-state index < -0.39 is 0 Å². The monoisotopic (exact) mass is 793 g/mol. The highest BCUT2D eigenvalue weighted by Crippen LogP contribution is 2.50. The summed E-state index contributed by atoms with van der Waals surface area (Å²) in [5.41, 5.74) is 9.73. The number of rotatable bonds is 5. The number of benzene rings is 11. The van der Waals surface area contributed by atoms with Crippen molar-refractivity contribution in [1.82, 2.24) is 0 Å². The van der Waals surface area contributed by atoms with Crippen LogP contribution < -0.4 is 4.90 Å². The Morgan fingerprint density at radius 1 is 0.328 bits per heavy atom. The number of furan rings is 1. The van der Waals surface area contributed by atoms with E-state index in [1.807, 2.05) is 11.3 Å². The van der Waals surface area contributed by atoms with Crippen molar-refractivity contribution in [3.8, 4) is 22.3 Å². The first-order valence-electron chi connectivity index (χ1n) is 20.8. The van der Waals surface area contributed by atoms with Gasteiger partial charge >= 0.3 is 0 Å². The number of hydrogen-bond donors (Lipinski definition) is 0. The summed E-state index contributed by atoms with van der Waals surface area (Å²) in [5.74, 6) is 0. The van der Waals surface area contributed by atoms with Gasteiger partial charge in [-0.05, 0) is 114 Å². The summed E-state index contributed by atoms with van der Waals surface area (Å²) in [6, 6.07) is 77.8. The SMILES string of the molecule is c1ccc2c(-c3ccc(-c4cc5c6ccccc6c6ccccc6c5cc4N(c4ccc5sc6ccccc6c5c4)c4cccc5oc6ccccc6c45)cc3)cccc2c1. The van der Waals surface area contributed by atoms with Gasteiger partial charge in [-0.2, -0.15) is 0 Å². The van der Waals surface area contributed by atoms with Crippen molar-refractivity contribution in [2.24, 2.45) is 0 Å². The second-order valence-corrected chi connectivity index (χ2v) is 17.1. The molecule has 0 aliphatic heterocycles. The quantitative estimate of drug-likeness (QED) is 0.161. The molecule has 61 heavy (non-hydrogen) atoms. The van der Waals surface area contributed by atoms with Crippen LogP contribution in [-0.2, 0) is 0 Å². The molecule has 11 aromatic carbocycles. The molecule has 284 valence electrons. The van der Waals surface area contributed by atoms with Gasteiger partial charge in [-0.3, -0.25) is 0 Å². The van der Waals surface area contributed by atoms with Gasteiger partial charge in [-0.15, -0.1) is 11.3 Å².